The summed E-state index contributed by atoms with van der Waals surface area (Å²) in [5.41, 5.74) is 4.36. The van der Waals surface area contributed by atoms with Gasteiger partial charge in [0.25, 0.3) is 0 Å². The minimum atomic E-state index is -2.14. The van der Waals surface area contributed by atoms with Gasteiger partial charge in [-0.15, -0.1) is 0 Å². The molecular weight excluding hydrogens is 789 g/mol. The molecule has 1 aromatic heterocycles. The second-order valence-corrected chi connectivity index (χ2v) is 15.9. The first kappa shape index (κ1) is 44.8. The van der Waals surface area contributed by atoms with Gasteiger partial charge in [-0.3, -0.25) is 4.79 Å². The number of benzene rings is 3. The summed E-state index contributed by atoms with van der Waals surface area (Å²) >= 11 is 0. The number of amides is 1. The van der Waals surface area contributed by atoms with E-state index in [1.54, 1.807) is 18.9 Å². The maximum Gasteiger partial charge on any atom is 0.494 e. The molecule has 328 valence electrons. The number of hydrogen-bond donors (Lipinski definition) is 8. The molecule has 61 heavy (non-hydrogen) atoms. The van der Waals surface area contributed by atoms with Crippen LogP contribution in [0.4, 0.5) is 11.4 Å². The summed E-state index contributed by atoms with van der Waals surface area (Å²) in [5.74, 6) is -2.87. The fourth-order valence-electron chi connectivity index (χ4n) is 8.11. The summed E-state index contributed by atoms with van der Waals surface area (Å²) in [6.07, 6.45) is -7.48. The molecule has 4 heterocycles. The van der Waals surface area contributed by atoms with Gasteiger partial charge >= 0.3 is 7.12 Å². The van der Waals surface area contributed by atoms with Crippen LogP contribution in [0.1, 0.15) is 31.4 Å². The van der Waals surface area contributed by atoms with Crippen LogP contribution in [0.5, 0.6) is 5.88 Å². The van der Waals surface area contributed by atoms with Crippen LogP contribution in [0.3, 0.4) is 0 Å². The molecule has 3 aromatic carbocycles. The lowest BCUT2D eigenvalue weighted by molar-refractivity contribution is -0.380. The molecule has 3 saturated heterocycles. The van der Waals surface area contributed by atoms with Gasteiger partial charge in [0, 0.05) is 48.2 Å². The molecule has 17 nitrogen and oxygen atoms in total. The molecule has 18 heteroatoms. The maximum atomic E-state index is 12.9. The number of carbonyl (C=O) groups is 1. The van der Waals surface area contributed by atoms with Crippen molar-refractivity contribution in [2.45, 2.75) is 69.0 Å². The van der Waals surface area contributed by atoms with Crippen LogP contribution in [-0.2, 0) is 28.3 Å². The van der Waals surface area contributed by atoms with Crippen LogP contribution in [-0.4, -0.2) is 168 Å². The van der Waals surface area contributed by atoms with E-state index in [0.29, 0.717) is 39.9 Å². The fourth-order valence-corrected chi connectivity index (χ4v) is 8.11. The van der Waals surface area contributed by atoms with Gasteiger partial charge in [-0.1, -0.05) is 56.3 Å². The Morgan fingerprint density at radius 2 is 1.79 bits per heavy atom. The third-order valence-corrected chi connectivity index (χ3v) is 11.7. The second-order valence-electron chi connectivity index (χ2n) is 15.9. The number of aliphatic hydroxyl groups excluding tert-OH is 5. The molecule has 3 aliphatic rings. The lowest BCUT2D eigenvalue weighted by Crippen LogP contribution is -2.64. The number of aromatic amines is 1. The number of aromatic nitrogens is 1. The smallest absolute Gasteiger partial charge is 0.494 e. The summed E-state index contributed by atoms with van der Waals surface area (Å²) < 4.78 is 29.8. The molecular formula is C43H56BN5O12. The third kappa shape index (κ3) is 9.41. The number of aliphatic hydroxyl groups is 5. The van der Waals surface area contributed by atoms with Gasteiger partial charge in [0.15, 0.2) is 12.2 Å². The van der Waals surface area contributed by atoms with Crippen molar-refractivity contribution in [2.24, 2.45) is 10.9 Å². The molecule has 1 amide bonds. The Kier molecular flexibility index (Phi) is 14.2. The molecule has 2 unspecified atom stereocenters. The van der Waals surface area contributed by atoms with E-state index >= 15 is 0 Å². The van der Waals surface area contributed by atoms with Gasteiger partial charge in [0.1, 0.15) is 37.1 Å². The van der Waals surface area contributed by atoms with E-state index in [2.05, 4.69) is 29.2 Å². The van der Waals surface area contributed by atoms with E-state index in [4.69, 9.17) is 28.5 Å². The van der Waals surface area contributed by atoms with Crippen LogP contribution >= 0.6 is 0 Å². The first-order valence-corrected chi connectivity index (χ1v) is 20.7. The number of ether oxygens (including phenoxy) is 3. The van der Waals surface area contributed by atoms with Gasteiger partial charge in [-0.25, -0.2) is 4.99 Å². The molecule has 0 saturated carbocycles. The van der Waals surface area contributed by atoms with Crippen LogP contribution in [0.15, 0.2) is 77.8 Å². The Morgan fingerprint density at radius 1 is 1.03 bits per heavy atom. The largest absolute Gasteiger partial charge is 0.494 e. The molecule has 0 radical (unpaired) electrons. The summed E-state index contributed by atoms with van der Waals surface area (Å²) in [5, 5.41) is 67.2. The second kappa shape index (κ2) is 19.4. The average Bonchev–Trinajstić information content (AvgIpc) is 3.73. The van der Waals surface area contributed by atoms with Crippen molar-refractivity contribution in [1.82, 2.24) is 15.2 Å². The number of carbonyl (C=O) groups excluding carboxylic acids is 1. The van der Waals surface area contributed by atoms with Crippen LogP contribution in [0.2, 0.25) is 0 Å². The Hall–Kier alpha value is -4.28. The van der Waals surface area contributed by atoms with E-state index < -0.39 is 75.0 Å². The summed E-state index contributed by atoms with van der Waals surface area (Å²) in [6.45, 7) is 5.21. The highest BCUT2D eigenvalue weighted by Crippen LogP contribution is 2.39. The number of anilines is 1. The number of nitrogens with one attached hydrogen (secondary N) is 2. The number of hydrogen-bond acceptors (Lipinski definition) is 15. The lowest BCUT2D eigenvalue weighted by Gasteiger charge is -2.48. The minimum Gasteiger partial charge on any atom is -0.494 e. The molecule has 3 aliphatic heterocycles. The number of likely N-dealkylation sites (N-methyl/N-ethyl adjacent to an activating group) is 2. The topological polar surface area (TPSA) is 231 Å². The van der Waals surface area contributed by atoms with Crippen molar-refractivity contribution >= 4 is 46.5 Å². The monoisotopic (exact) mass is 845 g/mol. The standard InChI is InChI=1S/C43H56BN5O12/c1-5-18-48(3)19-17-45-21-34(52)49(4)29-14-12-28(13-15-29)46-36(26-9-7-6-8-10-26)35-30-16-11-27(20-31(30)47-41(35)56)44-57-23-33-39(61-44)25(2)37(53)42(58-33)60-43(24-51)40(55)38(54)32(22-50)59-43/h6-16,20,25,32-33,37-40,42,45,47,50-51,53-56H,5,17-19,21-24H2,1-4H3/t25?,32-,33-,37-,38?,39+,40+,42-,43+/m1/s1. The van der Waals surface area contributed by atoms with Crippen molar-refractivity contribution in [3.8, 4) is 5.88 Å². The van der Waals surface area contributed by atoms with Crippen LogP contribution < -0.4 is 15.7 Å². The van der Waals surface area contributed by atoms with Crippen molar-refractivity contribution < 1.29 is 59.0 Å². The normalized spacial score (nSPS) is 28.1. The number of H-pyrrole nitrogens is 1. The lowest BCUT2D eigenvalue weighted by atomic mass is 9.75. The summed E-state index contributed by atoms with van der Waals surface area (Å²) in [4.78, 5) is 24.9. The fraction of sp³-hybridized carbons (Fsp3) is 0.488. The predicted octanol–water partition coefficient (Wildman–Crippen LogP) is 0.587. The maximum absolute atomic E-state index is 12.9. The van der Waals surface area contributed by atoms with Crippen LogP contribution in [0, 0.1) is 5.92 Å². The van der Waals surface area contributed by atoms with E-state index in [0.717, 1.165) is 30.8 Å². The molecule has 4 aromatic rings. The van der Waals surface area contributed by atoms with Crippen molar-refractivity contribution in [2.75, 3.05) is 65.0 Å². The molecule has 0 aliphatic carbocycles. The number of rotatable bonds is 16. The molecule has 3 fully saturated rings. The first-order valence-electron chi connectivity index (χ1n) is 20.7. The van der Waals surface area contributed by atoms with Crippen LogP contribution in [0.25, 0.3) is 10.9 Å². The average molecular weight is 846 g/mol. The van der Waals surface area contributed by atoms with E-state index in [1.807, 2.05) is 72.8 Å². The van der Waals surface area contributed by atoms with E-state index in [1.165, 1.54) is 0 Å². The molecule has 0 bridgehead atoms. The predicted molar refractivity (Wildman–Crippen MR) is 227 cm³/mol. The van der Waals surface area contributed by atoms with E-state index in [9.17, 15) is 35.4 Å². The molecule has 9 atom stereocenters. The highest BCUT2D eigenvalue weighted by molar-refractivity contribution is 6.61. The third-order valence-electron chi connectivity index (χ3n) is 11.7. The molecule has 0 spiro atoms. The zero-order valence-corrected chi connectivity index (χ0v) is 34.8. The van der Waals surface area contributed by atoms with Gasteiger partial charge in [-0.2, -0.15) is 0 Å². The quantitative estimate of drug-likeness (QED) is 0.0439. The van der Waals surface area contributed by atoms with Crippen molar-refractivity contribution in [3.63, 3.8) is 0 Å². The number of aliphatic imine (C=N–C) groups is 1. The van der Waals surface area contributed by atoms with Crippen molar-refractivity contribution in [1.29, 1.82) is 0 Å². The van der Waals surface area contributed by atoms with Crippen molar-refractivity contribution in [3.05, 3.63) is 83.9 Å². The zero-order chi connectivity index (χ0) is 43.4. The van der Waals surface area contributed by atoms with Gasteiger partial charge in [-0.05, 0) is 55.8 Å². The number of nitrogens with zero attached hydrogens (tertiary/aromatic N) is 3. The van der Waals surface area contributed by atoms with E-state index in [-0.39, 0.29) is 24.9 Å². The highest BCUT2D eigenvalue weighted by atomic mass is 16.8. The first-order chi connectivity index (χ1) is 29.4. The Morgan fingerprint density at radius 3 is 2.48 bits per heavy atom. The molecule has 8 N–H and O–H groups in total. The summed E-state index contributed by atoms with van der Waals surface area (Å²) in [7, 11) is 2.94. The Balaban J connectivity index is 1.06. The van der Waals surface area contributed by atoms with Gasteiger partial charge in [0.2, 0.25) is 11.7 Å². The SMILES string of the molecule is CCCN(C)CCNCC(=O)N(C)c1ccc(N=C(c2ccccc2)c2c(O)[nH]c3cc(B4OC[C@H]5O[C@H](O[C@]6(CO)O[C@H](CO)C(O)[C@@H]6O)[C@H](O)C(C)[C@@H]5O4)ccc23)cc1. The summed E-state index contributed by atoms with van der Waals surface area (Å²) in [6, 6.07) is 22.4. The van der Waals surface area contributed by atoms with Gasteiger partial charge in [0.05, 0.1) is 42.8 Å². The minimum absolute atomic E-state index is 0.0321. The zero-order valence-electron chi connectivity index (χ0n) is 34.8. The molecule has 7 rings (SSSR count). The highest BCUT2D eigenvalue weighted by Gasteiger charge is 2.59. The number of fused-ring (bicyclic) bond motifs is 2. The van der Waals surface area contributed by atoms with Gasteiger partial charge < -0.3 is 74.3 Å². The number of aromatic hydroxyl groups is 1. The Bertz CT molecular complexity index is 2130. The Labute approximate surface area is 354 Å².